The first-order chi connectivity index (χ1) is 8.65. The molecule has 1 aromatic heterocycles. The molecule has 1 heterocycles. The molecule has 0 aliphatic carbocycles. The van der Waals surface area contributed by atoms with Crippen LogP contribution in [0.2, 0.25) is 0 Å². The zero-order chi connectivity index (χ0) is 13.1. The summed E-state index contributed by atoms with van der Waals surface area (Å²) in [6.07, 6.45) is 0.907. The van der Waals surface area contributed by atoms with Crippen molar-refractivity contribution < 1.29 is 9.53 Å². The number of aromatic nitrogens is 1. The molecule has 0 spiro atoms. The Kier molecular flexibility index (Phi) is 3.51. The summed E-state index contributed by atoms with van der Waals surface area (Å²) < 4.78 is 7.35. The molecule has 1 aromatic carbocycles. The summed E-state index contributed by atoms with van der Waals surface area (Å²) in [5, 5.41) is 0. The average molecular weight is 243 g/mol. The molecule has 3 nitrogen and oxygen atoms in total. The lowest BCUT2D eigenvalue weighted by atomic mass is 10.2. The fourth-order valence-electron chi connectivity index (χ4n) is 2.14. The van der Waals surface area contributed by atoms with Crippen LogP contribution in [0.5, 0.6) is 5.75 Å². The molecule has 2 rings (SSSR count). The van der Waals surface area contributed by atoms with Crippen LogP contribution in [-0.2, 0) is 6.54 Å². The minimum atomic E-state index is 0.753. The number of aryl methyl sites for hydroxylation is 1. The van der Waals surface area contributed by atoms with E-state index in [-0.39, 0.29) is 0 Å². The number of benzene rings is 1. The van der Waals surface area contributed by atoms with Crippen LogP contribution in [0.1, 0.15) is 27.3 Å². The van der Waals surface area contributed by atoms with E-state index in [0.29, 0.717) is 0 Å². The summed E-state index contributed by atoms with van der Waals surface area (Å²) in [7, 11) is 1.66. The van der Waals surface area contributed by atoms with Gasteiger partial charge in [0.1, 0.15) is 5.75 Å². The Labute approximate surface area is 107 Å². The van der Waals surface area contributed by atoms with Crippen LogP contribution < -0.4 is 4.74 Å². The molecule has 0 bridgehead atoms. The lowest BCUT2D eigenvalue weighted by molar-refractivity contribution is 0.112. The summed E-state index contributed by atoms with van der Waals surface area (Å²) in [5.74, 6) is 0.852. The number of aldehydes is 1. The van der Waals surface area contributed by atoms with E-state index >= 15 is 0 Å². The van der Waals surface area contributed by atoms with E-state index in [1.54, 1.807) is 7.11 Å². The smallest absolute Gasteiger partial charge is 0.151 e. The summed E-state index contributed by atoms with van der Waals surface area (Å²) >= 11 is 0. The predicted molar refractivity (Wildman–Crippen MR) is 71.4 cm³/mol. The van der Waals surface area contributed by atoms with Gasteiger partial charge in [0.2, 0.25) is 0 Å². The summed E-state index contributed by atoms with van der Waals surface area (Å²) in [4.78, 5) is 10.9. The molecular formula is C15H17NO2. The third-order valence-electron chi connectivity index (χ3n) is 3.21. The Bertz CT molecular complexity index is 570. The van der Waals surface area contributed by atoms with Crippen LogP contribution in [0, 0.1) is 13.8 Å². The number of rotatable bonds is 4. The monoisotopic (exact) mass is 243 g/mol. The molecule has 0 aliphatic heterocycles. The molecule has 0 unspecified atom stereocenters. The van der Waals surface area contributed by atoms with Crippen molar-refractivity contribution in [2.24, 2.45) is 0 Å². The van der Waals surface area contributed by atoms with E-state index in [0.717, 1.165) is 41.1 Å². The summed E-state index contributed by atoms with van der Waals surface area (Å²) in [6, 6.07) is 9.89. The van der Waals surface area contributed by atoms with Gasteiger partial charge in [0.25, 0.3) is 0 Å². The summed E-state index contributed by atoms with van der Waals surface area (Å²) in [6.45, 7) is 4.74. The number of nitrogens with zero attached hydrogens (tertiary/aromatic N) is 1. The van der Waals surface area contributed by atoms with Crippen LogP contribution in [0.4, 0.5) is 0 Å². The van der Waals surface area contributed by atoms with Crippen molar-refractivity contribution in [3.05, 3.63) is 52.8 Å². The van der Waals surface area contributed by atoms with Gasteiger partial charge in [-0.2, -0.15) is 0 Å². The molecule has 0 saturated heterocycles. The standard InChI is InChI=1S/C15H17NO2/c1-11-7-14(10-17)12(2)16(11)9-13-5-4-6-15(8-13)18-3/h4-8,10H,9H2,1-3H3. The van der Waals surface area contributed by atoms with Crippen molar-refractivity contribution in [3.63, 3.8) is 0 Å². The molecule has 2 aromatic rings. The quantitative estimate of drug-likeness (QED) is 0.773. The van der Waals surface area contributed by atoms with Gasteiger partial charge in [0.05, 0.1) is 7.11 Å². The van der Waals surface area contributed by atoms with Gasteiger partial charge in [-0.3, -0.25) is 4.79 Å². The Morgan fingerprint density at radius 2 is 2.06 bits per heavy atom. The molecule has 0 aliphatic rings. The Hall–Kier alpha value is -2.03. The van der Waals surface area contributed by atoms with E-state index < -0.39 is 0 Å². The second kappa shape index (κ2) is 5.08. The summed E-state index contributed by atoms with van der Waals surface area (Å²) in [5.41, 5.74) is 4.02. The highest BCUT2D eigenvalue weighted by atomic mass is 16.5. The number of carbonyl (C=O) groups excluding carboxylic acids is 1. The fraction of sp³-hybridized carbons (Fsp3) is 0.267. The minimum Gasteiger partial charge on any atom is -0.497 e. The zero-order valence-electron chi connectivity index (χ0n) is 10.9. The van der Waals surface area contributed by atoms with Crippen LogP contribution in [-0.4, -0.2) is 18.0 Å². The normalized spacial score (nSPS) is 10.4. The Balaban J connectivity index is 2.33. The third-order valence-corrected chi connectivity index (χ3v) is 3.21. The topological polar surface area (TPSA) is 31.2 Å². The van der Waals surface area contributed by atoms with Crippen LogP contribution in [0.3, 0.4) is 0 Å². The van der Waals surface area contributed by atoms with Crippen LogP contribution in [0.15, 0.2) is 30.3 Å². The Morgan fingerprint density at radius 1 is 1.28 bits per heavy atom. The lowest BCUT2D eigenvalue weighted by Gasteiger charge is -2.10. The van der Waals surface area contributed by atoms with E-state index in [1.165, 1.54) is 0 Å². The highest BCUT2D eigenvalue weighted by Gasteiger charge is 2.08. The van der Waals surface area contributed by atoms with Gasteiger partial charge in [0, 0.05) is 23.5 Å². The van der Waals surface area contributed by atoms with Crippen molar-refractivity contribution >= 4 is 6.29 Å². The second-order valence-electron chi connectivity index (χ2n) is 4.38. The van der Waals surface area contributed by atoms with Gasteiger partial charge in [-0.05, 0) is 37.6 Å². The van der Waals surface area contributed by atoms with Gasteiger partial charge in [-0.1, -0.05) is 12.1 Å². The highest BCUT2D eigenvalue weighted by Crippen LogP contribution is 2.18. The lowest BCUT2D eigenvalue weighted by Crippen LogP contribution is -2.04. The highest BCUT2D eigenvalue weighted by molar-refractivity contribution is 5.77. The van der Waals surface area contributed by atoms with Crippen molar-refractivity contribution in [1.82, 2.24) is 4.57 Å². The molecule has 3 heteroatoms. The van der Waals surface area contributed by atoms with Crippen molar-refractivity contribution in [2.45, 2.75) is 20.4 Å². The van der Waals surface area contributed by atoms with Crippen molar-refractivity contribution in [2.75, 3.05) is 7.11 Å². The molecule has 0 radical (unpaired) electrons. The minimum absolute atomic E-state index is 0.753. The molecule has 0 N–H and O–H groups in total. The van der Waals surface area contributed by atoms with Crippen LogP contribution >= 0.6 is 0 Å². The number of ether oxygens (including phenoxy) is 1. The number of carbonyl (C=O) groups is 1. The van der Waals surface area contributed by atoms with Gasteiger partial charge in [-0.25, -0.2) is 0 Å². The average Bonchev–Trinajstić information content (AvgIpc) is 2.66. The maximum Gasteiger partial charge on any atom is 0.151 e. The fourth-order valence-corrected chi connectivity index (χ4v) is 2.14. The molecule has 0 amide bonds. The van der Waals surface area contributed by atoms with E-state index in [9.17, 15) is 4.79 Å². The van der Waals surface area contributed by atoms with E-state index in [1.807, 2.05) is 38.1 Å². The molecular weight excluding hydrogens is 226 g/mol. The molecule has 94 valence electrons. The van der Waals surface area contributed by atoms with Gasteiger partial charge >= 0.3 is 0 Å². The SMILES string of the molecule is COc1cccc(Cn2c(C)cc(C=O)c2C)c1. The third kappa shape index (κ3) is 2.30. The molecule has 18 heavy (non-hydrogen) atoms. The Morgan fingerprint density at radius 3 is 2.67 bits per heavy atom. The molecule has 0 atom stereocenters. The van der Waals surface area contributed by atoms with E-state index in [2.05, 4.69) is 10.6 Å². The first-order valence-electron chi connectivity index (χ1n) is 5.90. The van der Waals surface area contributed by atoms with Crippen molar-refractivity contribution in [3.8, 4) is 5.75 Å². The molecule has 0 fully saturated rings. The number of methoxy groups -OCH3 is 1. The number of hydrogen-bond acceptors (Lipinski definition) is 2. The first-order valence-corrected chi connectivity index (χ1v) is 5.90. The maximum absolute atomic E-state index is 10.9. The number of hydrogen-bond donors (Lipinski definition) is 0. The van der Waals surface area contributed by atoms with Crippen LogP contribution in [0.25, 0.3) is 0 Å². The molecule has 0 saturated carbocycles. The maximum atomic E-state index is 10.9. The van der Waals surface area contributed by atoms with Gasteiger partial charge < -0.3 is 9.30 Å². The first kappa shape index (κ1) is 12.4. The van der Waals surface area contributed by atoms with E-state index in [4.69, 9.17) is 4.74 Å². The largest absolute Gasteiger partial charge is 0.497 e. The predicted octanol–water partition coefficient (Wildman–Crippen LogP) is 2.97. The van der Waals surface area contributed by atoms with Gasteiger partial charge in [-0.15, -0.1) is 0 Å². The second-order valence-corrected chi connectivity index (χ2v) is 4.38. The van der Waals surface area contributed by atoms with Gasteiger partial charge in [0.15, 0.2) is 6.29 Å². The zero-order valence-corrected chi connectivity index (χ0v) is 10.9. The van der Waals surface area contributed by atoms with Crippen molar-refractivity contribution in [1.29, 1.82) is 0 Å².